The molecule has 0 aliphatic carbocycles. The number of carbonyl (C=O) groups excluding carboxylic acids is 3. The van der Waals surface area contributed by atoms with E-state index in [1.54, 1.807) is 57.2 Å². The van der Waals surface area contributed by atoms with Crippen molar-refractivity contribution in [2.24, 2.45) is 11.3 Å². The zero-order valence-corrected chi connectivity index (χ0v) is 23.9. The van der Waals surface area contributed by atoms with E-state index in [1.807, 2.05) is 0 Å². The minimum Gasteiger partial charge on any atom is -0.493 e. The van der Waals surface area contributed by atoms with E-state index in [2.05, 4.69) is 15.3 Å². The molecule has 0 saturated carbocycles. The van der Waals surface area contributed by atoms with Crippen molar-refractivity contribution < 1.29 is 28.6 Å². The molecular weight excluding hydrogens is 528 g/mol. The summed E-state index contributed by atoms with van der Waals surface area (Å²) in [7, 11) is 0. The predicted octanol–water partition coefficient (Wildman–Crippen LogP) is 3.57. The Bertz CT molecular complexity index is 1460. The van der Waals surface area contributed by atoms with Crippen molar-refractivity contribution in [3.63, 3.8) is 0 Å². The highest BCUT2D eigenvalue weighted by Crippen LogP contribution is 2.34. The number of benzene rings is 1. The van der Waals surface area contributed by atoms with E-state index < -0.39 is 40.5 Å². The number of aryl methyl sites for hydroxylation is 1. The van der Waals surface area contributed by atoms with Crippen LogP contribution in [-0.4, -0.2) is 62.9 Å². The van der Waals surface area contributed by atoms with E-state index in [-0.39, 0.29) is 18.5 Å². The Balaban J connectivity index is 1.55. The largest absolute Gasteiger partial charge is 0.493 e. The summed E-state index contributed by atoms with van der Waals surface area (Å²) < 4.78 is 17.9. The van der Waals surface area contributed by atoms with Crippen LogP contribution >= 0.6 is 0 Å². The minimum absolute atomic E-state index is 0.114. The number of hydrogen-bond acceptors (Lipinski definition) is 10. The summed E-state index contributed by atoms with van der Waals surface area (Å²) >= 11 is 0. The predicted molar refractivity (Wildman–Crippen MR) is 150 cm³/mol. The number of Topliss-reactive ketones (excluding diaryl/α,β-unsaturated/α-hetero) is 2. The average molecular weight is 565 g/mol. The van der Waals surface area contributed by atoms with Crippen molar-refractivity contribution >= 4 is 28.6 Å². The molecule has 2 aromatic heterocycles. The summed E-state index contributed by atoms with van der Waals surface area (Å²) in [5, 5.41) is 7.96. The van der Waals surface area contributed by atoms with Crippen LogP contribution in [0.1, 0.15) is 63.7 Å². The number of ether oxygens (including phenoxy) is 3. The van der Waals surface area contributed by atoms with Crippen molar-refractivity contribution in [2.45, 2.75) is 65.5 Å². The molecule has 4 rings (SSSR count). The fraction of sp³-hybridized carbons (Fsp3) is 0.500. The first-order chi connectivity index (χ1) is 19.5. The Labute approximate surface area is 238 Å². The number of ketones is 2. The van der Waals surface area contributed by atoms with Gasteiger partial charge in [0.05, 0.1) is 6.61 Å². The third-order valence-electron chi connectivity index (χ3n) is 7.16. The van der Waals surface area contributed by atoms with Gasteiger partial charge in [-0.25, -0.2) is 9.67 Å². The Morgan fingerprint density at radius 3 is 2.44 bits per heavy atom. The number of hydrogen-bond donors (Lipinski definition) is 0. The Hall–Kier alpha value is -3.99. The van der Waals surface area contributed by atoms with E-state index in [9.17, 15) is 19.2 Å². The molecule has 0 radical (unpaired) electrons. The third-order valence-corrected chi connectivity index (χ3v) is 7.16. The van der Waals surface area contributed by atoms with Gasteiger partial charge in [-0.2, -0.15) is 0 Å². The molecule has 218 valence electrons. The minimum atomic E-state index is -1.84. The van der Waals surface area contributed by atoms with E-state index >= 15 is 0 Å². The molecule has 11 heteroatoms. The maximum Gasteiger partial charge on any atom is 0.320 e. The molecule has 0 amide bonds. The first-order valence-electron chi connectivity index (χ1n) is 13.8. The summed E-state index contributed by atoms with van der Waals surface area (Å²) in [6, 6.07) is 9.89. The summed E-state index contributed by atoms with van der Waals surface area (Å²) in [6.07, 6.45) is 2.73. The zero-order valence-electron chi connectivity index (χ0n) is 23.9. The molecule has 3 aromatic rings. The van der Waals surface area contributed by atoms with Crippen LogP contribution in [0.5, 0.6) is 5.75 Å². The van der Waals surface area contributed by atoms with Crippen LogP contribution < -0.4 is 10.3 Å². The Morgan fingerprint density at radius 2 is 1.78 bits per heavy atom. The summed E-state index contributed by atoms with van der Waals surface area (Å²) in [5.74, 6) is -0.745. The van der Waals surface area contributed by atoms with Gasteiger partial charge < -0.3 is 14.2 Å². The normalized spacial score (nSPS) is 15.7. The number of rotatable bonds is 11. The Kier molecular flexibility index (Phi) is 9.27. The maximum atomic E-state index is 13.5. The second kappa shape index (κ2) is 12.7. The fourth-order valence-electron chi connectivity index (χ4n) is 4.67. The van der Waals surface area contributed by atoms with Crippen molar-refractivity contribution in [1.29, 1.82) is 0 Å². The summed E-state index contributed by atoms with van der Waals surface area (Å²) in [5.41, 5.74) is -2.50. The molecule has 11 nitrogen and oxygen atoms in total. The monoisotopic (exact) mass is 564 g/mol. The quantitative estimate of drug-likeness (QED) is 0.193. The standard InChI is InChI=1S/C30H36N4O7/c1-20(35)30(28(38)41-29(2,3)4,13-15-34-27(37)26-24(32-33-34)6-5-14-31-26)18-25(36)22-7-9-23(10-8-22)40-19-21-11-16-39-17-12-21/h5-10,14,21H,11-13,15-19H2,1-4H3. The third kappa shape index (κ3) is 7.40. The SMILES string of the molecule is CC(=O)C(CCn1nnc2cccnc2c1=O)(CC(=O)c1ccc(OCC2CCOCC2)cc1)C(=O)OC(C)(C)C. The molecule has 1 aromatic carbocycles. The molecule has 0 spiro atoms. The van der Waals surface area contributed by atoms with Crippen LogP contribution in [-0.2, 0) is 25.6 Å². The van der Waals surface area contributed by atoms with Crippen LogP contribution in [0.2, 0.25) is 0 Å². The van der Waals surface area contributed by atoms with E-state index in [4.69, 9.17) is 14.2 Å². The van der Waals surface area contributed by atoms with Crippen LogP contribution in [0.3, 0.4) is 0 Å². The molecule has 0 bridgehead atoms. The van der Waals surface area contributed by atoms with Gasteiger partial charge in [-0.1, -0.05) is 5.21 Å². The van der Waals surface area contributed by atoms with E-state index in [1.165, 1.54) is 13.1 Å². The molecule has 1 aliphatic heterocycles. The highest BCUT2D eigenvalue weighted by Gasteiger charge is 2.47. The lowest BCUT2D eigenvalue weighted by molar-refractivity contribution is -0.170. The van der Waals surface area contributed by atoms with Crippen LogP contribution in [0.25, 0.3) is 11.0 Å². The molecule has 3 heterocycles. The molecule has 1 unspecified atom stereocenters. The van der Waals surface area contributed by atoms with Gasteiger partial charge in [0.25, 0.3) is 5.56 Å². The van der Waals surface area contributed by atoms with Crippen molar-refractivity contribution in [3.8, 4) is 5.75 Å². The number of fused-ring (bicyclic) bond motifs is 1. The topological polar surface area (TPSA) is 140 Å². The highest BCUT2D eigenvalue weighted by atomic mass is 16.6. The zero-order chi connectivity index (χ0) is 29.6. The van der Waals surface area contributed by atoms with Gasteiger partial charge in [0, 0.05) is 37.9 Å². The number of aromatic nitrogens is 4. The van der Waals surface area contributed by atoms with Crippen LogP contribution in [0.15, 0.2) is 47.4 Å². The number of esters is 1. The molecule has 1 aliphatic rings. The average Bonchev–Trinajstić information content (AvgIpc) is 2.94. The summed E-state index contributed by atoms with van der Waals surface area (Å²) in [6.45, 7) is 8.18. The lowest BCUT2D eigenvalue weighted by atomic mass is 9.75. The van der Waals surface area contributed by atoms with Gasteiger partial charge >= 0.3 is 5.97 Å². The molecular formula is C30H36N4O7. The number of nitrogens with zero attached hydrogens (tertiary/aromatic N) is 4. The van der Waals surface area contributed by atoms with Gasteiger partial charge in [-0.3, -0.25) is 19.2 Å². The lowest BCUT2D eigenvalue weighted by Crippen LogP contribution is -2.45. The van der Waals surface area contributed by atoms with Gasteiger partial charge in [0.15, 0.2) is 11.3 Å². The maximum absolute atomic E-state index is 13.5. The second-order valence-electron chi connectivity index (χ2n) is 11.4. The van der Waals surface area contributed by atoms with Crippen molar-refractivity contribution in [3.05, 3.63) is 58.5 Å². The van der Waals surface area contributed by atoms with Gasteiger partial charge in [-0.15, -0.1) is 5.10 Å². The molecule has 1 saturated heterocycles. The number of pyridine rings is 1. The van der Waals surface area contributed by atoms with Crippen LogP contribution in [0.4, 0.5) is 0 Å². The fourth-order valence-corrected chi connectivity index (χ4v) is 4.67. The number of carbonyl (C=O) groups is 3. The molecule has 1 fully saturated rings. The smallest absolute Gasteiger partial charge is 0.320 e. The first kappa shape index (κ1) is 30.0. The summed E-state index contributed by atoms with van der Waals surface area (Å²) in [4.78, 5) is 57.2. The molecule has 0 N–H and O–H groups in total. The van der Waals surface area contributed by atoms with E-state index in [0.29, 0.717) is 29.4 Å². The first-order valence-corrected chi connectivity index (χ1v) is 13.8. The highest BCUT2D eigenvalue weighted by molar-refractivity contribution is 6.09. The lowest BCUT2D eigenvalue weighted by Gasteiger charge is -2.32. The van der Waals surface area contributed by atoms with Crippen molar-refractivity contribution in [1.82, 2.24) is 20.0 Å². The van der Waals surface area contributed by atoms with E-state index in [0.717, 1.165) is 30.7 Å². The van der Waals surface area contributed by atoms with Gasteiger partial charge in [0.1, 0.15) is 28.1 Å². The van der Waals surface area contributed by atoms with Gasteiger partial charge in [0.2, 0.25) is 0 Å². The van der Waals surface area contributed by atoms with Gasteiger partial charge in [-0.05, 0) is 89.3 Å². The van der Waals surface area contributed by atoms with Crippen molar-refractivity contribution in [2.75, 3.05) is 19.8 Å². The second-order valence-corrected chi connectivity index (χ2v) is 11.4. The molecule has 41 heavy (non-hydrogen) atoms. The Morgan fingerprint density at radius 1 is 1.07 bits per heavy atom. The van der Waals surface area contributed by atoms with Crippen LogP contribution in [0, 0.1) is 11.3 Å². The molecule has 1 atom stereocenters.